The first-order chi connectivity index (χ1) is 10.4. The van der Waals surface area contributed by atoms with Gasteiger partial charge in [-0.3, -0.25) is 4.79 Å². The second kappa shape index (κ2) is 7.06. The molecule has 1 atom stereocenters. The standard InChI is InChI=1S/C14H21N3O4S/c1-11(22(2,19)20)14(18)16-10-12-4-3-5-15-13(12)17-6-8-21-9-7-17/h3-5,11H,6-10H2,1-2H3,(H,16,18)/t11-/m1/s1. The molecule has 8 heteroatoms. The lowest BCUT2D eigenvalue weighted by atomic mass is 10.2. The van der Waals surface area contributed by atoms with Crippen molar-refractivity contribution in [1.82, 2.24) is 10.3 Å². The molecular formula is C14H21N3O4S. The maximum atomic E-state index is 11.9. The minimum absolute atomic E-state index is 0.249. The van der Waals surface area contributed by atoms with Crippen molar-refractivity contribution >= 4 is 21.6 Å². The Labute approximate surface area is 130 Å². The summed E-state index contributed by atoms with van der Waals surface area (Å²) >= 11 is 0. The van der Waals surface area contributed by atoms with E-state index in [0.717, 1.165) is 30.7 Å². The van der Waals surface area contributed by atoms with Gasteiger partial charge in [0.1, 0.15) is 11.1 Å². The molecule has 1 aliphatic heterocycles. The fraction of sp³-hybridized carbons (Fsp3) is 0.571. The van der Waals surface area contributed by atoms with Gasteiger partial charge in [0.2, 0.25) is 5.91 Å². The largest absolute Gasteiger partial charge is 0.378 e. The lowest BCUT2D eigenvalue weighted by Gasteiger charge is -2.29. The molecule has 0 bridgehead atoms. The SMILES string of the molecule is C[C@H](C(=O)NCc1cccnc1N1CCOCC1)S(C)(=O)=O. The van der Waals surface area contributed by atoms with Crippen LogP contribution in [-0.4, -0.2) is 57.1 Å². The van der Waals surface area contributed by atoms with Crippen molar-refractivity contribution in [3.05, 3.63) is 23.9 Å². The molecule has 1 aliphatic rings. The summed E-state index contributed by atoms with van der Waals surface area (Å²) in [7, 11) is -3.39. The third kappa shape index (κ3) is 4.17. The number of amides is 1. The van der Waals surface area contributed by atoms with Gasteiger partial charge in [0, 0.05) is 37.7 Å². The van der Waals surface area contributed by atoms with E-state index in [1.165, 1.54) is 6.92 Å². The number of carbonyl (C=O) groups is 1. The number of pyridine rings is 1. The summed E-state index contributed by atoms with van der Waals surface area (Å²) in [6, 6.07) is 3.68. The molecule has 1 amide bonds. The number of hydrogen-bond donors (Lipinski definition) is 1. The first kappa shape index (κ1) is 16.7. The van der Waals surface area contributed by atoms with Crippen LogP contribution in [0.2, 0.25) is 0 Å². The lowest BCUT2D eigenvalue weighted by molar-refractivity contribution is -0.120. The van der Waals surface area contributed by atoms with Gasteiger partial charge >= 0.3 is 0 Å². The predicted molar refractivity (Wildman–Crippen MR) is 83.4 cm³/mol. The quantitative estimate of drug-likeness (QED) is 0.817. The van der Waals surface area contributed by atoms with E-state index in [4.69, 9.17) is 4.74 Å². The third-order valence-electron chi connectivity index (χ3n) is 3.64. The number of anilines is 1. The van der Waals surface area contributed by atoms with Gasteiger partial charge in [-0.25, -0.2) is 13.4 Å². The monoisotopic (exact) mass is 327 g/mol. The van der Waals surface area contributed by atoms with E-state index in [9.17, 15) is 13.2 Å². The zero-order valence-corrected chi connectivity index (χ0v) is 13.6. The highest BCUT2D eigenvalue weighted by Crippen LogP contribution is 2.18. The van der Waals surface area contributed by atoms with Gasteiger partial charge in [-0.2, -0.15) is 0 Å². The molecule has 0 aromatic carbocycles. The zero-order chi connectivity index (χ0) is 16.2. The zero-order valence-electron chi connectivity index (χ0n) is 12.8. The van der Waals surface area contributed by atoms with Crippen molar-refractivity contribution < 1.29 is 17.9 Å². The van der Waals surface area contributed by atoms with Gasteiger partial charge < -0.3 is 15.0 Å². The van der Waals surface area contributed by atoms with Crippen LogP contribution in [0.3, 0.4) is 0 Å². The van der Waals surface area contributed by atoms with Crippen LogP contribution in [0.15, 0.2) is 18.3 Å². The second-order valence-corrected chi connectivity index (χ2v) is 7.64. The van der Waals surface area contributed by atoms with Gasteiger partial charge in [0.05, 0.1) is 13.2 Å². The lowest BCUT2D eigenvalue weighted by Crippen LogP contribution is -2.39. The number of nitrogens with one attached hydrogen (secondary N) is 1. The molecule has 0 spiro atoms. The highest BCUT2D eigenvalue weighted by Gasteiger charge is 2.23. The van der Waals surface area contributed by atoms with E-state index < -0.39 is 21.0 Å². The smallest absolute Gasteiger partial charge is 0.238 e. The number of carbonyl (C=O) groups excluding carboxylic acids is 1. The summed E-state index contributed by atoms with van der Waals surface area (Å²) in [6.07, 6.45) is 2.76. The van der Waals surface area contributed by atoms with Gasteiger partial charge in [-0.05, 0) is 13.0 Å². The molecule has 1 fully saturated rings. The van der Waals surface area contributed by atoms with Crippen LogP contribution in [0.4, 0.5) is 5.82 Å². The van der Waals surface area contributed by atoms with Crippen molar-refractivity contribution in [3.8, 4) is 0 Å². The Kier molecular flexibility index (Phi) is 5.36. The van der Waals surface area contributed by atoms with Gasteiger partial charge in [-0.1, -0.05) is 6.07 Å². The van der Waals surface area contributed by atoms with Crippen molar-refractivity contribution in [3.63, 3.8) is 0 Å². The van der Waals surface area contributed by atoms with Crippen molar-refractivity contribution in [2.24, 2.45) is 0 Å². The van der Waals surface area contributed by atoms with Crippen LogP contribution in [0, 0.1) is 0 Å². The Bertz CT molecular complexity index is 627. The van der Waals surface area contributed by atoms with E-state index >= 15 is 0 Å². The predicted octanol–water partition coefficient (Wildman–Crippen LogP) is -0.0325. The highest BCUT2D eigenvalue weighted by atomic mass is 32.2. The number of morpholine rings is 1. The molecule has 122 valence electrons. The Balaban J connectivity index is 2.05. The van der Waals surface area contributed by atoms with Crippen molar-refractivity contribution in [2.45, 2.75) is 18.7 Å². The summed E-state index contributed by atoms with van der Waals surface area (Å²) in [6.45, 7) is 4.42. The first-order valence-corrected chi connectivity index (χ1v) is 9.08. The van der Waals surface area contributed by atoms with Crippen LogP contribution in [0.1, 0.15) is 12.5 Å². The molecule has 1 aromatic rings. The second-order valence-electron chi connectivity index (χ2n) is 5.28. The summed E-state index contributed by atoms with van der Waals surface area (Å²) in [5, 5.41) is 1.61. The number of aromatic nitrogens is 1. The molecule has 0 saturated carbocycles. The molecule has 1 aromatic heterocycles. The van der Waals surface area contributed by atoms with Crippen LogP contribution in [0.25, 0.3) is 0 Å². The van der Waals surface area contributed by atoms with Crippen LogP contribution in [-0.2, 0) is 25.9 Å². The Morgan fingerprint density at radius 3 is 2.77 bits per heavy atom. The minimum Gasteiger partial charge on any atom is -0.378 e. The van der Waals surface area contributed by atoms with Crippen molar-refractivity contribution in [1.29, 1.82) is 0 Å². The average Bonchev–Trinajstić information content (AvgIpc) is 2.52. The molecule has 1 saturated heterocycles. The normalized spacial score (nSPS) is 17.1. The molecule has 0 radical (unpaired) electrons. The number of ether oxygens (including phenoxy) is 1. The summed E-state index contributed by atoms with van der Waals surface area (Å²) in [5.74, 6) is 0.303. The van der Waals surface area contributed by atoms with Gasteiger partial charge in [0.15, 0.2) is 9.84 Å². The topological polar surface area (TPSA) is 88.6 Å². The highest BCUT2D eigenvalue weighted by molar-refractivity contribution is 7.92. The number of nitrogens with zero attached hydrogens (tertiary/aromatic N) is 2. The molecule has 7 nitrogen and oxygen atoms in total. The van der Waals surface area contributed by atoms with Crippen LogP contribution >= 0.6 is 0 Å². The summed E-state index contributed by atoms with van der Waals surface area (Å²) in [5.41, 5.74) is 0.860. The van der Waals surface area contributed by atoms with Gasteiger partial charge in [0.25, 0.3) is 0 Å². The molecule has 1 N–H and O–H groups in total. The fourth-order valence-electron chi connectivity index (χ4n) is 2.15. The minimum atomic E-state index is -3.39. The fourth-order valence-corrected chi connectivity index (χ4v) is 2.62. The Morgan fingerprint density at radius 1 is 1.45 bits per heavy atom. The third-order valence-corrected chi connectivity index (χ3v) is 5.14. The molecular weight excluding hydrogens is 306 g/mol. The molecule has 2 rings (SSSR count). The average molecular weight is 327 g/mol. The molecule has 22 heavy (non-hydrogen) atoms. The maximum Gasteiger partial charge on any atom is 0.238 e. The van der Waals surface area contributed by atoms with E-state index in [1.54, 1.807) is 12.3 Å². The van der Waals surface area contributed by atoms with Crippen molar-refractivity contribution in [2.75, 3.05) is 37.5 Å². The van der Waals surface area contributed by atoms with E-state index in [1.807, 2.05) is 6.07 Å². The van der Waals surface area contributed by atoms with E-state index in [2.05, 4.69) is 15.2 Å². The molecule has 2 heterocycles. The molecule has 0 aliphatic carbocycles. The Morgan fingerprint density at radius 2 is 2.14 bits per heavy atom. The van der Waals surface area contributed by atoms with Gasteiger partial charge in [-0.15, -0.1) is 0 Å². The maximum absolute atomic E-state index is 11.9. The first-order valence-electron chi connectivity index (χ1n) is 7.13. The summed E-state index contributed by atoms with van der Waals surface area (Å²) < 4.78 is 28.1. The number of sulfone groups is 1. The van der Waals surface area contributed by atoms with Crippen LogP contribution in [0.5, 0.6) is 0 Å². The Hall–Kier alpha value is -1.67. The molecule has 0 unspecified atom stereocenters. The van der Waals surface area contributed by atoms with Crippen LogP contribution < -0.4 is 10.2 Å². The van der Waals surface area contributed by atoms with E-state index in [0.29, 0.717) is 13.2 Å². The number of rotatable bonds is 5. The summed E-state index contributed by atoms with van der Waals surface area (Å²) in [4.78, 5) is 18.4. The number of hydrogen-bond acceptors (Lipinski definition) is 6. The van der Waals surface area contributed by atoms with E-state index in [-0.39, 0.29) is 6.54 Å².